The lowest BCUT2D eigenvalue weighted by Crippen LogP contribution is -2.29. The molecule has 94 valence electrons. The average molecular weight is 243 g/mol. The lowest BCUT2D eigenvalue weighted by Gasteiger charge is -2.29. The Morgan fingerprint density at radius 2 is 1.94 bits per heavy atom. The first kappa shape index (κ1) is 12.6. The maximum atomic E-state index is 11.4. The van der Waals surface area contributed by atoms with Crippen LogP contribution >= 0.6 is 0 Å². The van der Waals surface area contributed by atoms with Crippen LogP contribution in [0.4, 0.5) is 0 Å². The lowest BCUT2D eigenvalue weighted by atomic mass is 9.89. The molecule has 1 saturated heterocycles. The molecular formula is C14H17N3O. The van der Waals surface area contributed by atoms with Gasteiger partial charge < -0.3 is 4.90 Å². The second-order valence-electron chi connectivity index (χ2n) is 4.77. The van der Waals surface area contributed by atoms with Gasteiger partial charge in [0.25, 0.3) is 5.91 Å². The Bertz CT molecular complexity index is 453. The number of rotatable bonds is 2. The number of hydrogen-bond donors (Lipinski definition) is 1. The summed E-state index contributed by atoms with van der Waals surface area (Å²) in [7, 11) is 2.14. The fourth-order valence-corrected chi connectivity index (χ4v) is 2.37. The van der Waals surface area contributed by atoms with Gasteiger partial charge in [-0.05, 0) is 56.6 Å². The number of carbonyl (C=O) groups excluding carboxylic acids is 1. The molecule has 1 aromatic rings. The number of carbonyl (C=O) groups is 1. The normalized spacial score (nSPS) is 17.1. The first-order chi connectivity index (χ1) is 8.70. The smallest absolute Gasteiger partial charge is 0.264 e. The highest BCUT2D eigenvalue weighted by atomic mass is 16.1. The zero-order valence-electron chi connectivity index (χ0n) is 10.5. The van der Waals surface area contributed by atoms with Gasteiger partial charge in [-0.1, -0.05) is 12.1 Å². The number of nitriles is 1. The standard InChI is InChI=1S/C14H17N3O/c1-17-8-6-12(7-9-17)11-2-4-13(5-3-11)14(18)16-10-15/h2-5,12H,6-9H2,1H3,(H,16,18). The lowest BCUT2D eigenvalue weighted by molar-refractivity contribution is 0.0973. The van der Waals surface area contributed by atoms with Crippen molar-refractivity contribution in [3.63, 3.8) is 0 Å². The molecule has 1 aromatic carbocycles. The quantitative estimate of drug-likeness (QED) is 0.635. The minimum Gasteiger partial charge on any atom is -0.306 e. The summed E-state index contributed by atoms with van der Waals surface area (Å²) < 4.78 is 0. The number of piperidine rings is 1. The molecule has 1 aliphatic rings. The fourth-order valence-electron chi connectivity index (χ4n) is 2.37. The van der Waals surface area contributed by atoms with Crippen molar-refractivity contribution in [2.24, 2.45) is 0 Å². The Kier molecular flexibility index (Phi) is 3.96. The van der Waals surface area contributed by atoms with Crippen molar-refractivity contribution in [2.45, 2.75) is 18.8 Å². The van der Waals surface area contributed by atoms with Crippen molar-refractivity contribution in [3.05, 3.63) is 35.4 Å². The van der Waals surface area contributed by atoms with Gasteiger partial charge in [-0.25, -0.2) is 0 Å². The molecule has 0 atom stereocenters. The Labute approximate surface area is 107 Å². The van der Waals surface area contributed by atoms with Crippen molar-refractivity contribution in [2.75, 3.05) is 20.1 Å². The van der Waals surface area contributed by atoms with Crippen LogP contribution in [0.1, 0.15) is 34.7 Å². The molecule has 0 radical (unpaired) electrons. The summed E-state index contributed by atoms with van der Waals surface area (Å²) >= 11 is 0. The first-order valence-electron chi connectivity index (χ1n) is 6.18. The van der Waals surface area contributed by atoms with Crippen LogP contribution < -0.4 is 5.32 Å². The summed E-state index contributed by atoms with van der Waals surface area (Å²) in [5, 5.41) is 10.5. The molecule has 0 saturated carbocycles. The Morgan fingerprint density at radius 3 is 2.50 bits per heavy atom. The van der Waals surface area contributed by atoms with Crippen molar-refractivity contribution in [3.8, 4) is 6.19 Å². The van der Waals surface area contributed by atoms with Crippen LogP contribution in [0.3, 0.4) is 0 Å². The molecule has 0 aliphatic carbocycles. The SMILES string of the molecule is CN1CCC(c2ccc(C(=O)NC#N)cc2)CC1. The van der Waals surface area contributed by atoms with Gasteiger partial charge in [-0.3, -0.25) is 10.1 Å². The minimum atomic E-state index is -0.340. The maximum Gasteiger partial charge on any atom is 0.264 e. The molecule has 18 heavy (non-hydrogen) atoms. The maximum absolute atomic E-state index is 11.4. The molecule has 1 amide bonds. The van der Waals surface area contributed by atoms with Gasteiger partial charge in [0.05, 0.1) is 0 Å². The van der Waals surface area contributed by atoms with Gasteiger partial charge in [0.2, 0.25) is 0 Å². The van der Waals surface area contributed by atoms with Crippen LogP contribution in [-0.2, 0) is 0 Å². The van der Waals surface area contributed by atoms with E-state index in [9.17, 15) is 4.79 Å². The predicted molar refractivity (Wildman–Crippen MR) is 69.0 cm³/mol. The highest BCUT2D eigenvalue weighted by molar-refractivity contribution is 5.95. The monoisotopic (exact) mass is 243 g/mol. The van der Waals surface area contributed by atoms with Crippen molar-refractivity contribution >= 4 is 5.91 Å². The van der Waals surface area contributed by atoms with Crippen molar-refractivity contribution in [1.29, 1.82) is 5.26 Å². The Hall–Kier alpha value is -1.86. The molecule has 0 spiro atoms. The van der Waals surface area contributed by atoms with E-state index in [0.29, 0.717) is 11.5 Å². The summed E-state index contributed by atoms with van der Waals surface area (Å²) in [6.07, 6.45) is 3.98. The molecule has 1 heterocycles. The third-order valence-corrected chi connectivity index (χ3v) is 3.53. The fraction of sp³-hybridized carbons (Fsp3) is 0.429. The first-order valence-corrected chi connectivity index (χ1v) is 6.18. The predicted octanol–water partition coefficient (Wildman–Crippen LogP) is 1.71. The van der Waals surface area contributed by atoms with Gasteiger partial charge in [0.15, 0.2) is 6.19 Å². The van der Waals surface area contributed by atoms with Crippen molar-refractivity contribution in [1.82, 2.24) is 10.2 Å². The van der Waals surface area contributed by atoms with Crippen LogP contribution in [0, 0.1) is 11.5 Å². The summed E-state index contributed by atoms with van der Waals surface area (Å²) in [5.74, 6) is 0.252. The topological polar surface area (TPSA) is 56.1 Å². The number of nitrogens with one attached hydrogen (secondary N) is 1. The molecule has 1 aliphatic heterocycles. The molecule has 0 bridgehead atoms. The van der Waals surface area contributed by atoms with E-state index in [1.165, 1.54) is 18.4 Å². The summed E-state index contributed by atoms with van der Waals surface area (Å²) in [5.41, 5.74) is 1.82. The summed E-state index contributed by atoms with van der Waals surface area (Å²) in [6.45, 7) is 2.25. The van der Waals surface area contributed by atoms with E-state index < -0.39 is 0 Å². The number of nitrogens with zero attached hydrogens (tertiary/aromatic N) is 2. The van der Waals surface area contributed by atoms with Crippen LogP contribution in [0.25, 0.3) is 0 Å². The van der Waals surface area contributed by atoms with Crippen LogP contribution in [0.15, 0.2) is 24.3 Å². The van der Waals surface area contributed by atoms with E-state index in [0.717, 1.165) is 13.1 Å². The second kappa shape index (κ2) is 5.65. The van der Waals surface area contributed by atoms with Gasteiger partial charge in [-0.15, -0.1) is 0 Å². The zero-order valence-corrected chi connectivity index (χ0v) is 10.5. The van der Waals surface area contributed by atoms with E-state index in [-0.39, 0.29) is 5.91 Å². The highest BCUT2D eigenvalue weighted by Gasteiger charge is 2.18. The molecule has 4 nitrogen and oxygen atoms in total. The Morgan fingerprint density at radius 1 is 1.33 bits per heavy atom. The molecule has 4 heteroatoms. The molecule has 0 unspecified atom stereocenters. The van der Waals surface area contributed by atoms with Crippen LogP contribution in [-0.4, -0.2) is 30.9 Å². The van der Waals surface area contributed by atoms with E-state index in [2.05, 4.69) is 17.3 Å². The summed E-state index contributed by atoms with van der Waals surface area (Å²) in [4.78, 5) is 13.8. The average Bonchev–Trinajstić information content (AvgIpc) is 2.40. The van der Waals surface area contributed by atoms with Crippen LogP contribution in [0.5, 0.6) is 0 Å². The number of likely N-dealkylation sites (tertiary alicyclic amines) is 1. The number of benzene rings is 1. The second-order valence-corrected chi connectivity index (χ2v) is 4.77. The molecule has 1 fully saturated rings. The van der Waals surface area contributed by atoms with E-state index in [1.807, 2.05) is 12.1 Å². The molecular weight excluding hydrogens is 226 g/mol. The minimum absolute atomic E-state index is 0.340. The van der Waals surface area contributed by atoms with Crippen LogP contribution in [0.2, 0.25) is 0 Å². The van der Waals surface area contributed by atoms with Crippen molar-refractivity contribution < 1.29 is 4.79 Å². The molecule has 1 N–H and O–H groups in total. The Balaban J connectivity index is 2.04. The number of hydrogen-bond acceptors (Lipinski definition) is 3. The summed E-state index contributed by atoms with van der Waals surface area (Å²) in [6, 6.07) is 7.59. The van der Waals surface area contributed by atoms with Gasteiger partial charge in [0.1, 0.15) is 0 Å². The molecule has 0 aromatic heterocycles. The third-order valence-electron chi connectivity index (χ3n) is 3.53. The van der Waals surface area contributed by atoms with Gasteiger partial charge in [0, 0.05) is 5.56 Å². The van der Waals surface area contributed by atoms with E-state index in [4.69, 9.17) is 5.26 Å². The third kappa shape index (κ3) is 2.88. The largest absolute Gasteiger partial charge is 0.306 e. The van der Waals surface area contributed by atoms with Gasteiger partial charge in [-0.2, -0.15) is 5.26 Å². The van der Waals surface area contributed by atoms with E-state index >= 15 is 0 Å². The number of amides is 1. The van der Waals surface area contributed by atoms with Gasteiger partial charge >= 0.3 is 0 Å². The molecule has 2 rings (SSSR count). The van der Waals surface area contributed by atoms with E-state index in [1.54, 1.807) is 18.3 Å². The zero-order chi connectivity index (χ0) is 13.0. The highest BCUT2D eigenvalue weighted by Crippen LogP contribution is 2.27.